The number of hydrogen-bond donors (Lipinski definition) is 3. The van der Waals surface area contributed by atoms with Gasteiger partial charge in [0.15, 0.2) is 0 Å². The van der Waals surface area contributed by atoms with Crippen LogP contribution in [-0.2, 0) is 12.8 Å². The van der Waals surface area contributed by atoms with E-state index in [1.807, 2.05) is 6.20 Å². The van der Waals surface area contributed by atoms with Crippen molar-refractivity contribution in [1.29, 1.82) is 0 Å². The lowest BCUT2D eigenvalue weighted by Crippen LogP contribution is -2.12. The second-order valence-corrected chi connectivity index (χ2v) is 4.85. The molecule has 0 aliphatic heterocycles. The molecule has 1 atom stereocenters. The molecule has 4 N–H and O–H groups in total. The zero-order valence-electron chi connectivity index (χ0n) is 11.0. The number of benzene rings is 1. The molecule has 4 nitrogen and oxygen atoms in total. The minimum Gasteiger partial charge on any atom is -0.361 e. The summed E-state index contributed by atoms with van der Waals surface area (Å²) >= 11 is 0. The second-order valence-electron chi connectivity index (χ2n) is 4.85. The summed E-state index contributed by atoms with van der Waals surface area (Å²) in [5.41, 5.74) is 11.1. The molecule has 0 amide bonds. The Balaban J connectivity index is 1.93. The summed E-state index contributed by atoms with van der Waals surface area (Å²) in [6.07, 6.45) is 7.56. The van der Waals surface area contributed by atoms with Gasteiger partial charge < -0.3 is 10.7 Å². The first-order valence-electron chi connectivity index (χ1n) is 6.61. The van der Waals surface area contributed by atoms with Gasteiger partial charge in [0.1, 0.15) is 0 Å². The van der Waals surface area contributed by atoms with Gasteiger partial charge in [0.25, 0.3) is 0 Å². The van der Waals surface area contributed by atoms with Crippen molar-refractivity contribution in [2.24, 2.45) is 5.73 Å². The third-order valence-electron chi connectivity index (χ3n) is 3.66. The molecule has 98 valence electrons. The van der Waals surface area contributed by atoms with Crippen molar-refractivity contribution >= 4 is 10.9 Å². The summed E-state index contributed by atoms with van der Waals surface area (Å²) in [4.78, 5) is 3.38. The lowest BCUT2D eigenvalue weighted by Gasteiger charge is -2.08. The fourth-order valence-corrected chi connectivity index (χ4v) is 2.56. The number of para-hydroxylation sites is 1. The van der Waals surface area contributed by atoms with E-state index < -0.39 is 0 Å². The third-order valence-corrected chi connectivity index (χ3v) is 3.66. The lowest BCUT2D eigenvalue weighted by atomic mass is 10.0. The van der Waals surface area contributed by atoms with E-state index in [4.69, 9.17) is 5.73 Å². The highest BCUT2D eigenvalue weighted by Gasteiger charge is 2.12. The van der Waals surface area contributed by atoms with Gasteiger partial charge in [-0.2, -0.15) is 5.10 Å². The third kappa shape index (κ3) is 2.15. The van der Waals surface area contributed by atoms with Crippen LogP contribution in [0.25, 0.3) is 10.9 Å². The summed E-state index contributed by atoms with van der Waals surface area (Å²) in [6, 6.07) is 6.41. The Morgan fingerprint density at radius 3 is 2.89 bits per heavy atom. The summed E-state index contributed by atoms with van der Waals surface area (Å²) < 4.78 is 0. The molecule has 0 saturated carbocycles. The van der Waals surface area contributed by atoms with E-state index in [1.165, 1.54) is 22.0 Å². The maximum Gasteiger partial charge on any atom is 0.0535 e. The maximum absolute atomic E-state index is 6.22. The predicted octanol–water partition coefficient (Wildman–Crippen LogP) is 2.70. The highest BCUT2D eigenvalue weighted by Crippen LogP contribution is 2.25. The molecule has 0 aliphatic carbocycles. The molecule has 0 aliphatic rings. The fraction of sp³-hybridized carbons (Fsp3) is 0.267. The van der Waals surface area contributed by atoms with Crippen LogP contribution in [0.4, 0.5) is 0 Å². The number of aromatic amines is 2. The Morgan fingerprint density at radius 1 is 1.26 bits per heavy atom. The molecule has 3 rings (SSSR count). The zero-order chi connectivity index (χ0) is 13.2. The molecule has 4 heteroatoms. The van der Waals surface area contributed by atoms with Crippen LogP contribution in [0.15, 0.2) is 36.8 Å². The predicted molar refractivity (Wildman–Crippen MR) is 76.9 cm³/mol. The van der Waals surface area contributed by atoms with Crippen molar-refractivity contribution < 1.29 is 0 Å². The van der Waals surface area contributed by atoms with E-state index in [1.54, 1.807) is 6.20 Å². The Hall–Kier alpha value is -2.07. The molecule has 2 heterocycles. The molecule has 0 spiro atoms. The normalized spacial score (nSPS) is 12.9. The van der Waals surface area contributed by atoms with Crippen LogP contribution in [0.2, 0.25) is 0 Å². The molecule has 19 heavy (non-hydrogen) atoms. The van der Waals surface area contributed by atoms with Crippen molar-refractivity contribution in [3.63, 3.8) is 0 Å². The van der Waals surface area contributed by atoms with Gasteiger partial charge in [-0.1, -0.05) is 25.1 Å². The molecule has 0 bridgehead atoms. The molecular formula is C15H18N4. The maximum atomic E-state index is 6.22. The van der Waals surface area contributed by atoms with Gasteiger partial charge in [-0.3, -0.25) is 5.10 Å². The average molecular weight is 254 g/mol. The molecule has 0 fully saturated rings. The number of fused-ring (bicyclic) bond motifs is 1. The smallest absolute Gasteiger partial charge is 0.0535 e. The van der Waals surface area contributed by atoms with Crippen LogP contribution < -0.4 is 5.73 Å². The first-order valence-corrected chi connectivity index (χ1v) is 6.61. The molecule has 0 saturated heterocycles. The lowest BCUT2D eigenvalue weighted by molar-refractivity contribution is 0.726. The van der Waals surface area contributed by atoms with E-state index in [-0.39, 0.29) is 6.04 Å². The zero-order valence-corrected chi connectivity index (χ0v) is 11.0. The summed E-state index contributed by atoms with van der Waals surface area (Å²) in [7, 11) is 0. The molecular weight excluding hydrogens is 236 g/mol. The minimum absolute atomic E-state index is 0.0250. The van der Waals surface area contributed by atoms with E-state index in [9.17, 15) is 0 Å². The monoisotopic (exact) mass is 254 g/mol. The van der Waals surface area contributed by atoms with E-state index in [0.717, 1.165) is 18.4 Å². The first-order chi connectivity index (χ1) is 9.29. The Labute approximate surface area is 112 Å². The number of aromatic nitrogens is 3. The average Bonchev–Trinajstić information content (AvgIpc) is 3.08. The Morgan fingerprint density at radius 2 is 2.16 bits per heavy atom. The Kier molecular flexibility index (Phi) is 3.09. The number of H-pyrrole nitrogens is 2. The SMILES string of the molecule is CCc1cccc2c(CC(N)c3cn[nH]c3)c[nH]c12. The van der Waals surface area contributed by atoms with Crippen LogP contribution >= 0.6 is 0 Å². The van der Waals surface area contributed by atoms with Crippen molar-refractivity contribution in [1.82, 2.24) is 15.2 Å². The highest BCUT2D eigenvalue weighted by atomic mass is 15.1. The van der Waals surface area contributed by atoms with Gasteiger partial charge in [0, 0.05) is 34.9 Å². The standard InChI is InChI=1S/C15H18N4/c1-2-10-4-3-5-13-11(7-17-15(10)13)6-14(16)12-8-18-19-9-12/h3-5,7-9,14,17H,2,6,16H2,1H3,(H,18,19). The molecule has 3 aromatic rings. The van der Waals surface area contributed by atoms with Crippen molar-refractivity contribution in [3.05, 3.63) is 53.5 Å². The quantitative estimate of drug-likeness (QED) is 0.670. The fourth-order valence-electron chi connectivity index (χ4n) is 2.56. The minimum atomic E-state index is -0.0250. The molecule has 0 radical (unpaired) electrons. The van der Waals surface area contributed by atoms with Crippen LogP contribution in [0, 0.1) is 0 Å². The molecule has 1 unspecified atom stereocenters. The van der Waals surface area contributed by atoms with Gasteiger partial charge >= 0.3 is 0 Å². The summed E-state index contributed by atoms with van der Waals surface area (Å²) in [5.74, 6) is 0. The topological polar surface area (TPSA) is 70.5 Å². The van der Waals surface area contributed by atoms with E-state index in [2.05, 4.69) is 46.5 Å². The van der Waals surface area contributed by atoms with Crippen molar-refractivity contribution in [2.75, 3.05) is 0 Å². The van der Waals surface area contributed by atoms with Crippen LogP contribution in [0.3, 0.4) is 0 Å². The number of aryl methyl sites for hydroxylation is 1. The van der Waals surface area contributed by atoms with Gasteiger partial charge in [-0.05, 0) is 24.0 Å². The first kappa shape index (κ1) is 12.0. The number of hydrogen-bond acceptors (Lipinski definition) is 2. The largest absolute Gasteiger partial charge is 0.361 e. The van der Waals surface area contributed by atoms with E-state index in [0.29, 0.717) is 0 Å². The molecule has 2 aromatic heterocycles. The van der Waals surface area contributed by atoms with Crippen molar-refractivity contribution in [2.45, 2.75) is 25.8 Å². The van der Waals surface area contributed by atoms with Gasteiger partial charge in [-0.15, -0.1) is 0 Å². The number of rotatable bonds is 4. The van der Waals surface area contributed by atoms with E-state index >= 15 is 0 Å². The van der Waals surface area contributed by atoms with Crippen LogP contribution in [0.5, 0.6) is 0 Å². The number of nitrogens with one attached hydrogen (secondary N) is 2. The Bertz CT molecular complexity index is 667. The summed E-state index contributed by atoms with van der Waals surface area (Å²) in [5, 5.41) is 8.03. The van der Waals surface area contributed by atoms with Crippen LogP contribution in [-0.4, -0.2) is 15.2 Å². The molecule has 1 aromatic carbocycles. The summed E-state index contributed by atoms with van der Waals surface area (Å²) in [6.45, 7) is 2.17. The van der Waals surface area contributed by atoms with Gasteiger partial charge in [0.05, 0.1) is 6.20 Å². The van der Waals surface area contributed by atoms with Crippen LogP contribution in [0.1, 0.15) is 29.7 Å². The highest BCUT2D eigenvalue weighted by molar-refractivity contribution is 5.86. The number of nitrogens with zero attached hydrogens (tertiary/aromatic N) is 1. The number of nitrogens with two attached hydrogens (primary N) is 1. The van der Waals surface area contributed by atoms with Gasteiger partial charge in [0.2, 0.25) is 0 Å². The van der Waals surface area contributed by atoms with Crippen molar-refractivity contribution in [3.8, 4) is 0 Å². The van der Waals surface area contributed by atoms with Gasteiger partial charge in [-0.25, -0.2) is 0 Å². The second kappa shape index (κ2) is 4.90.